The largest absolute Gasteiger partial charge is 0.478 e. The summed E-state index contributed by atoms with van der Waals surface area (Å²) in [5.74, 6) is -2.60. The minimum atomic E-state index is -1.24. The van der Waals surface area contributed by atoms with E-state index in [1.807, 2.05) is 0 Å². The second-order valence-electron chi connectivity index (χ2n) is 9.03. The predicted molar refractivity (Wildman–Crippen MR) is 147 cm³/mol. The van der Waals surface area contributed by atoms with Crippen molar-refractivity contribution in [3.05, 3.63) is 118 Å². The van der Waals surface area contributed by atoms with Crippen LogP contribution in [-0.2, 0) is 17.8 Å². The summed E-state index contributed by atoms with van der Waals surface area (Å²) >= 11 is 6.13. The molecule has 1 atom stereocenters. The van der Waals surface area contributed by atoms with E-state index in [4.69, 9.17) is 11.6 Å². The number of anilines is 2. The molecule has 0 bridgehead atoms. The molecule has 0 saturated carbocycles. The van der Waals surface area contributed by atoms with Crippen LogP contribution in [0.3, 0.4) is 0 Å². The molecule has 0 fully saturated rings. The molecule has 0 radical (unpaired) electrons. The number of carbonyl (C=O) groups is 4. The van der Waals surface area contributed by atoms with Crippen LogP contribution in [-0.4, -0.2) is 49.7 Å². The Balaban J connectivity index is 1.52. The van der Waals surface area contributed by atoms with E-state index < -0.39 is 29.7 Å². The summed E-state index contributed by atoms with van der Waals surface area (Å²) in [6.45, 7) is -0.0517. The Morgan fingerprint density at radius 2 is 1.80 bits per heavy atom. The normalized spacial score (nSPS) is 14.6. The number of hydrogen-bond acceptors (Lipinski definition) is 6. The van der Waals surface area contributed by atoms with Gasteiger partial charge in [0.1, 0.15) is 6.04 Å². The molecule has 3 amide bonds. The molecule has 0 unspecified atom stereocenters. The molecular weight excluding hydrogens is 534 g/mol. The number of carbonyl (C=O) groups excluding carboxylic acids is 3. The summed E-state index contributed by atoms with van der Waals surface area (Å²) in [5.41, 5.74) is 1.87. The lowest BCUT2D eigenvalue weighted by Gasteiger charge is -2.29. The summed E-state index contributed by atoms with van der Waals surface area (Å²) in [4.78, 5) is 61.6. The highest BCUT2D eigenvalue weighted by Crippen LogP contribution is 2.29. The third-order valence-electron chi connectivity index (χ3n) is 6.40. The molecule has 11 heteroatoms. The maximum Gasteiger partial charge on any atom is 0.337 e. The number of rotatable bonds is 7. The molecule has 1 aliphatic rings. The zero-order chi connectivity index (χ0) is 28.2. The summed E-state index contributed by atoms with van der Waals surface area (Å²) in [6.07, 6.45) is 4.64. The molecular formula is C29H22ClN5O5. The molecule has 0 saturated heterocycles. The van der Waals surface area contributed by atoms with Crippen molar-refractivity contribution in [1.82, 2.24) is 14.9 Å². The molecule has 40 heavy (non-hydrogen) atoms. The molecule has 0 aliphatic carbocycles. The van der Waals surface area contributed by atoms with E-state index in [-0.39, 0.29) is 29.8 Å². The van der Waals surface area contributed by atoms with Crippen LogP contribution in [0.4, 0.5) is 11.4 Å². The van der Waals surface area contributed by atoms with Gasteiger partial charge < -0.3 is 20.6 Å². The van der Waals surface area contributed by atoms with Crippen molar-refractivity contribution in [3.8, 4) is 0 Å². The van der Waals surface area contributed by atoms with E-state index in [2.05, 4.69) is 20.6 Å². The second-order valence-corrected chi connectivity index (χ2v) is 9.46. The number of benzene rings is 2. The third-order valence-corrected chi connectivity index (χ3v) is 6.63. The lowest BCUT2D eigenvalue weighted by Crippen LogP contribution is -2.46. The molecule has 5 rings (SSSR count). The van der Waals surface area contributed by atoms with Crippen LogP contribution in [0.2, 0.25) is 5.02 Å². The fourth-order valence-electron chi connectivity index (χ4n) is 4.44. The van der Waals surface area contributed by atoms with E-state index in [1.165, 1.54) is 47.6 Å². The van der Waals surface area contributed by atoms with Crippen LogP contribution in [0.25, 0.3) is 0 Å². The molecule has 10 nitrogen and oxygen atoms in total. The van der Waals surface area contributed by atoms with Gasteiger partial charge in [-0.25, -0.2) is 4.79 Å². The van der Waals surface area contributed by atoms with Gasteiger partial charge in [-0.15, -0.1) is 0 Å². The zero-order valence-corrected chi connectivity index (χ0v) is 21.6. The Kier molecular flexibility index (Phi) is 7.52. The van der Waals surface area contributed by atoms with Gasteiger partial charge in [0.25, 0.3) is 11.8 Å². The predicted octanol–water partition coefficient (Wildman–Crippen LogP) is 4.29. The smallest absolute Gasteiger partial charge is 0.337 e. The summed E-state index contributed by atoms with van der Waals surface area (Å²) in [5, 5.41) is 15.5. The van der Waals surface area contributed by atoms with Crippen molar-refractivity contribution in [2.24, 2.45) is 0 Å². The van der Waals surface area contributed by atoms with Gasteiger partial charge >= 0.3 is 5.97 Å². The number of nitrogens with zero attached hydrogens (tertiary/aromatic N) is 3. The van der Waals surface area contributed by atoms with Crippen LogP contribution in [0.5, 0.6) is 0 Å². The highest BCUT2D eigenvalue weighted by molar-refractivity contribution is 6.31. The maximum absolute atomic E-state index is 13.8. The number of aromatic nitrogens is 2. The van der Waals surface area contributed by atoms with Crippen molar-refractivity contribution in [3.63, 3.8) is 0 Å². The number of halogens is 1. The van der Waals surface area contributed by atoms with Crippen molar-refractivity contribution < 1.29 is 24.3 Å². The van der Waals surface area contributed by atoms with E-state index in [0.717, 1.165) is 0 Å². The number of amides is 3. The fraction of sp³-hybridized carbons (Fsp3) is 0.103. The van der Waals surface area contributed by atoms with Crippen molar-refractivity contribution >= 4 is 46.7 Å². The highest BCUT2D eigenvalue weighted by atomic mass is 35.5. The Bertz CT molecular complexity index is 1610. The van der Waals surface area contributed by atoms with E-state index in [9.17, 15) is 24.3 Å². The first kappa shape index (κ1) is 26.5. The van der Waals surface area contributed by atoms with E-state index in [1.54, 1.807) is 42.6 Å². The summed E-state index contributed by atoms with van der Waals surface area (Å²) in [6, 6.07) is 16.4. The lowest BCUT2D eigenvalue weighted by molar-refractivity contribution is -0.120. The van der Waals surface area contributed by atoms with Crippen LogP contribution in [0.1, 0.15) is 42.3 Å². The Labute approximate surface area is 233 Å². The van der Waals surface area contributed by atoms with Crippen LogP contribution >= 0.6 is 11.6 Å². The minimum Gasteiger partial charge on any atom is -0.478 e. The van der Waals surface area contributed by atoms with Gasteiger partial charge in [0.05, 0.1) is 22.5 Å². The van der Waals surface area contributed by atoms with Crippen LogP contribution < -0.4 is 10.6 Å². The highest BCUT2D eigenvalue weighted by Gasteiger charge is 2.36. The number of hydrogen-bond donors (Lipinski definition) is 3. The maximum atomic E-state index is 13.8. The van der Waals surface area contributed by atoms with E-state index >= 15 is 0 Å². The van der Waals surface area contributed by atoms with Crippen molar-refractivity contribution in [2.75, 3.05) is 10.6 Å². The standard InChI is InChI=1S/C29H22ClN5O5/c30-19-5-7-21-24(14-19)34-27(37)25(15-20-3-1-2-10-32-20)35(28(21)38)16-17-4-6-22(29(39)40)23(13-17)33-26(36)18-8-11-31-12-9-18/h1-14,25H,15-16H2,(H,33,36)(H,34,37)(H,39,40)/t25-/m1/s1. The van der Waals surface area contributed by atoms with Gasteiger partial charge in [-0.3, -0.25) is 24.4 Å². The molecule has 2 aromatic heterocycles. The van der Waals surface area contributed by atoms with Gasteiger partial charge in [0, 0.05) is 47.8 Å². The first-order valence-corrected chi connectivity index (χ1v) is 12.6. The zero-order valence-electron chi connectivity index (χ0n) is 20.9. The molecule has 3 heterocycles. The number of carboxylic acids is 1. The van der Waals surface area contributed by atoms with Gasteiger partial charge in [0.15, 0.2) is 0 Å². The summed E-state index contributed by atoms with van der Waals surface area (Å²) < 4.78 is 0. The SMILES string of the molecule is O=C(Nc1cc(CN2C(=O)c3ccc(Cl)cc3NC(=O)[C@H]2Cc2ccccn2)ccc1C(=O)O)c1ccncc1. The number of fused-ring (bicyclic) bond motifs is 1. The fourth-order valence-corrected chi connectivity index (χ4v) is 4.61. The number of pyridine rings is 2. The molecule has 1 aliphatic heterocycles. The minimum absolute atomic E-state index is 0.0481. The quantitative estimate of drug-likeness (QED) is 0.309. The van der Waals surface area contributed by atoms with Crippen LogP contribution in [0, 0.1) is 0 Å². The first-order chi connectivity index (χ1) is 19.3. The Hall–Kier alpha value is -5.09. The molecule has 2 aromatic carbocycles. The van der Waals surface area contributed by atoms with E-state index in [0.29, 0.717) is 27.5 Å². The van der Waals surface area contributed by atoms with Crippen molar-refractivity contribution in [2.45, 2.75) is 19.0 Å². The average molecular weight is 556 g/mol. The third kappa shape index (κ3) is 5.67. The molecule has 200 valence electrons. The monoisotopic (exact) mass is 555 g/mol. The van der Waals surface area contributed by atoms with Crippen molar-refractivity contribution in [1.29, 1.82) is 0 Å². The van der Waals surface area contributed by atoms with Gasteiger partial charge in [0.2, 0.25) is 5.91 Å². The first-order valence-electron chi connectivity index (χ1n) is 12.2. The molecule has 0 spiro atoms. The summed E-state index contributed by atoms with van der Waals surface area (Å²) in [7, 11) is 0. The molecule has 3 N–H and O–H groups in total. The second kappa shape index (κ2) is 11.3. The Morgan fingerprint density at radius 1 is 1.00 bits per heavy atom. The molecule has 4 aromatic rings. The van der Waals surface area contributed by atoms with Gasteiger partial charge in [-0.1, -0.05) is 23.7 Å². The van der Waals surface area contributed by atoms with Gasteiger partial charge in [-0.2, -0.15) is 0 Å². The van der Waals surface area contributed by atoms with Gasteiger partial charge in [-0.05, 0) is 60.2 Å². The topological polar surface area (TPSA) is 142 Å². The number of nitrogens with one attached hydrogen (secondary N) is 2. The van der Waals surface area contributed by atoms with Crippen LogP contribution in [0.15, 0.2) is 85.3 Å². The lowest BCUT2D eigenvalue weighted by atomic mass is 10.0. The Morgan fingerprint density at radius 3 is 2.52 bits per heavy atom. The average Bonchev–Trinajstić information content (AvgIpc) is 3.04. The number of carboxylic acid groups (broad SMARTS) is 1. The number of aromatic carboxylic acids is 1.